The standard InChI is InChI=1S/C33H41N3O2/c37-29(36-14-12-31(24-36)11-13-35(23-31)21-25-7-3-1-4-8-25)20-34-30(38)33-18-26-15-27(19-33)17-32(16-26,22-33)28-9-5-2-6-10-28/h1-10,26-27H,11-24H2,(H,34,38). The summed E-state index contributed by atoms with van der Waals surface area (Å²) in [5.74, 6) is 1.51. The van der Waals surface area contributed by atoms with Gasteiger partial charge in [-0.25, -0.2) is 0 Å². The lowest BCUT2D eigenvalue weighted by Crippen LogP contribution is -2.59. The van der Waals surface area contributed by atoms with E-state index in [9.17, 15) is 9.59 Å². The van der Waals surface area contributed by atoms with Crippen LogP contribution < -0.4 is 5.32 Å². The molecule has 2 aliphatic heterocycles. The lowest BCUT2D eigenvalue weighted by molar-refractivity contribution is -0.150. The van der Waals surface area contributed by atoms with Gasteiger partial charge >= 0.3 is 0 Å². The van der Waals surface area contributed by atoms with Gasteiger partial charge in [0.05, 0.1) is 12.0 Å². The van der Waals surface area contributed by atoms with Crippen molar-refractivity contribution in [1.82, 2.24) is 15.1 Å². The molecular weight excluding hydrogens is 470 g/mol. The van der Waals surface area contributed by atoms with Crippen molar-refractivity contribution in [2.75, 3.05) is 32.7 Å². The first-order chi connectivity index (χ1) is 18.4. The molecule has 5 nitrogen and oxygen atoms in total. The lowest BCUT2D eigenvalue weighted by Gasteiger charge is -2.61. The van der Waals surface area contributed by atoms with Gasteiger partial charge in [0.1, 0.15) is 0 Å². The molecule has 4 saturated carbocycles. The predicted molar refractivity (Wildman–Crippen MR) is 148 cm³/mol. The Hall–Kier alpha value is -2.66. The van der Waals surface area contributed by atoms with E-state index in [4.69, 9.17) is 0 Å². The van der Waals surface area contributed by atoms with Crippen molar-refractivity contribution in [2.45, 2.75) is 63.3 Å². The van der Waals surface area contributed by atoms with Gasteiger partial charge in [0.2, 0.25) is 11.8 Å². The molecule has 5 heteroatoms. The van der Waals surface area contributed by atoms with E-state index in [1.165, 1.54) is 30.4 Å². The van der Waals surface area contributed by atoms with Crippen LogP contribution in [0, 0.1) is 22.7 Å². The molecule has 2 heterocycles. The van der Waals surface area contributed by atoms with E-state index in [2.05, 4.69) is 70.9 Å². The van der Waals surface area contributed by atoms with Crippen LogP contribution in [0.3, 0.4) is 0 Å². The third-order valence-corrected chi connectivity index (χ3v) is 10.9. The van der Waals surface area contributed by atoms with Gasteiger partial charge in [0, 0.05) is 31.6 Å². The summed E-state index contributed by atoms with van der Waals surface area (Å²) in [6, 6.07) is 21.6. The van der Waals surface area contributed by atoms with Crippen molar-refractivity contribution in [3.63, 3.8) is 0 Å². The Morgan fingerprint density at radius 2 is 1.53 bits per heavy atom. The van der Waals surface area contributed by atoms with Gasteiger partial charge in [-0.05, 0) is 86.3 Å². The number of rotatable bonds is 6. The Labute approximate surface area is 227 Å². The normalized spacial score (nSPS) is 35.7. The molecule has 38 heavy (non-hydrogen) atoms. The first-order valence-electron chi connectivity index (χ1n) is 14.8. The van der Waals surface area contributed by atoms with Gasteiger partial charge in [-0.3, -0.25) is 14.5 Å². The molecule has 0 radical (unpaired) electrons. The first kappa shape index (κ1) is 24.4. The zero-order chi connectivity index (χ0) is 25.8. The quantitative estimate of drug-likeness (QED) is 0.608. The van der Waals surface area contributed by atoms with E-state index in [1.54, 1.807) is 0 Å². The summed E-state index contributed by atoms with van der Waals surface area (Å²) in [7, 11) is 0. The summed E-state index contributed by atoms with van der Waals surface area (Å²) in [6.07, 6.45) is 8.90. The van der Waals surface area contributed by atoms with Crippen molar-refractivity contribution >= 4 is 11.8 Å². The second-order valence-corrected chi connectivity index (χ2v) is 13.6. The molecule has 2 saturated heterocycles. The molecule has 4 aliphatic carbocycles. The number of carbonyl (C=O) groups excluding carboxylic acids is 2. The Morgan fingerprint density at radius 1 is 0.842 bits per heavy atom. The number of nitrogens with one attached hydrogen (secondary N) is 1. The molecule has 0 aromatic heterocycles. The number of benzene rings is 2. The highest BCUT2D eigenvalue weighted by Crippen LogP contribution is 2.65. The molecule has 2 aromatic carbocycles. The van der Waals surface area contributed by atoms with Crippen molar-refractivity contribution in [3.8, 4) is 0 Å². The summed E-state index contributed by atoms with van der Waals surface area (Å²) in [5.41, 5.74) is 2.84. The number of amides is 2. The molecule has 4 bridgehead atoms. The smallest absolute Gasteiger partial charge is 0.241 e. The maximum atomic E-state index is 13.8. The van der Waals surface area contributed by atoms with Crippen molar-refractivity contribution < 1.29 is 9.59 Å². The van der Waals surface area contributed by atoms with Crippen LogP contribution in [0.4, 0.5) is 0 Å². The highest BCUT2D eigenvalue weighted by molar-refractivity contribution is 5.88. The van der Waals surface area contributed by atoms with Crippen LogP contribution in [0.15, 0.2) is 60.7 Å². The molecule has 6 fully saturated rings. The third-order valence-electron chi connectivity index (χ3n) is 10.9. The summed E-state index contributed by atoms with van der Waals surface area (Å²) < 4.78 is 0. The molecule has 3 unspecified atom stereocenters. The number of nitrogens with zero attached hydrogens (tertiary/aromatic N) is 2. The molecule has 2 amide bonds. The van der Waals surface area contributed by atoms with Crippen LogP contribution in [0.2, 0.25) is 0 Å². The van der Waals surface area contributed by atoms with E-state index >= 15 is 0 Å². The lowest BCUT2D eigenvalue weighted by atomic mass is 9.42. The Bertz CT molecular complexity index is 1180. The SMILES string of the molecule is O=C(CNC(=O)C12CC3CC(C1)CC(c1ccccc1)(C3)C2)N1CCC2(CCN(Cc3ccccc3)C2)C1. The summed E-state index contributed by atoms with van der Waals surface area (Å²) in [5, 5.41) is 3.16. The van der Waals surface area contributed by atoms with Gasteiger partial charge in [-0.2, -0.15) is 0 Å². The van der Waals surface area contributed by atoms with Crippen LogP contribution >= 0.6 is 0 Å². The Balaban J connectivity index is 0.965. The average Bonchev–Trinajstić information content (AvgIpc) is 3.53. The van der Waals surface area contributed by atoms with E-state index in [0.29, 0.717) is 11.8 Å². The van der Waals surface area contributed by atoms with E-state index in [1.807, 2.05) is 4.90 Å². The second kappa shape index (κ2) is 9.22. The zero-order valence-corrected chi connectivity index (χ0v) is 22.5. The van der Waals surface area contributed by atoms with Crippen LogP contribution in [-0.4, -0.2) is 54.3 Å². The Morgan fingerprint density at radius 3 is 2.26 bits per heavy atom. The minimum atomic E-state index is -0.296. The molecule has 6 aliphatic rings. The number of hydrogen-bond acceptors (Lipinski definition) is 3. The maximum Gasteiger partial charge on any atom is 0.241 e. The molecule has 2 aromatic rings. The number of hydrogen-bond donors (Lipinski definition) is 1. The van der Waals surface area contributed by atoms with Crippen LogP contribution in [0.25, 0.3) is 0 Å². The number of carbonyl (C=O) groups is 2. The topological polar surface area (TPSA) is 52.7 Å². The van der Waals surface area contributed by atoms with Crippen LogP contribution in [0.1, 0.15) is 62.5 Å². The van der Waals surface area contributed by atoms with Crippen LogP contribution in [0.5, 0.6) is 0 Å². The Kier molecular flexibility index (Phi) is 5.92. The fraction of sp³-hybridized carbons (Fsp3) is 0.576. The third kappa shape index (κ3) is 4.27. The van der Waals surface area contributed by atoms with Gasteiger partial charge in [-0.1, -0.05) is 60.7 Å². The highest BCUT2D eigenvalue weighted by atomic mass is 16.2. The van der Waals surface area contributed by atoms with Gasteiger partial charge in [0.15, 0.2) is 0 Å². The van der Waals surface area contributed by atoms with Gasteiger partial charge in [-0.15, -0.1) is 0 Å². The van der Waals surface area contributed by atoms with E-state index in [-0.39, 0.29) is 34.6 Å². The van der Waals surface area contributed by atoms with E-state index in [0.717, 1.165) is 64.8 Å². The minimum Gasteiger partial charge on any atom is -0.347 e. The molecule has 3 atom stereocenters. The molecule has 1 spiro atoms. The molecule has 1 N–H and O–H groups in total. The zero-order valence-electron chi connectivity index (χ0n) is 22.5. The van der Waals surface area contributed by atoms with Gasteiger partial charge in [0.25, 0.3) is 0 Å². The van der Waals surface area contributed by atoms with Gasteiger partial charge < -0.3 is 10.2 Å². The summed E-state index contributed by atoms with van der Waals surface area (Å²) in [6.45, 7) is 4.95. The van der Waals surface area contributed by atoms with Crippen molar-refractivity contribution in [1.29, 1.82) is 0 Å². The summed E-state index contributed by atoms with van der Waals surface area (Å²) >= 11 is 0. The second-order valence-electron chi connectivity index (χ2n) is 13.6. The van der Waals surface area contributed by atoms with E-state index < -0.39 is 0 Å². The molecule has 200 valence electrons. The number of likely N-dealkylation sites (tertiary alicyclic amines) is 2. The minimum absolute atomic E-state index is 0.0965. The summed E-state index contributed by atoms with van der Waals surface area (Å²) in [4.78, 5) is 31.6. The maximum absolute atomic E-state index is 13.8. The van der Waals surface area contributed by atoms with Crippen molar-refractivity contribution in [2.24, 2.45) is 22.7 Å². The molecule has 8 rings (SSSR count). The fourth-order valence-corrected chi connectivity index (χ4v) is 9.60. The largest absolute Gasteiger partial charge is 0.347 e. The molecular formula is C33H41N3O2. The van der Waals surface area contributed by atoms with Crippen molar-refractivity contribution in [3.05, 3.63) is 71.8 Å². The fourth-order valence-electron chi connectivity index (χ4n) is 9.60. The van der Waals surface area contributed by atoms with Crippen LogP contribution in [-0.2, 0) is 21.5 Å². The average molecular weight is 512 g/mol. The monoisotopic (exact) mass is 511 g/mol. The predicted octanol–water partition coefficient (Wildman–Crippen LogP) is 4.77. The first-order valence-corrected chi connectivity index (χ1v) is 14.8. The highest BCUT2D eigenvalue weighted by Gasteiger charge is 2.61.